The van der Waals surface area contributed by atoms with E-state index in [1.165, 1.54) is 24.4 Å². The van der Waals surface area contributed by atoms with Gasteiger partial charge in [0, 0.05) is 60.9 Å². The van der Waals surface area contributed by atoms with Crippen LogP contribution in [0.4, 0.5) is 20.2 Å². The fraction of sp³-hybridized carbons (Fsp3) is 0.211. The third kappa shape index (κ3) is 6.62. The second kappa shape index (κ2) is 13.9. The Bertz CT molecular complexity index is 2320. The molecule has 0 radical (unpaired) electrons. The molecular weight excluding hydrogens is 708 g/mol. The van der Waals surface area contributed by atoms with E-state index in [1.807, 2.05) is 47.1 Å². The van der Waals surface area contributed by atoms with Crippen LogP contribution in [-0.4, -0.2) is 52.4 Å². The largest absolute Gasteiger partial charge is 0.436 e. The third-order valence-electron chi connectivity index (χ3n) is 8.98. The number of benzene rings is 4. The summed E-state index contributed by atoms with van der Waals surface area (Å²) in [5.41, 5.74) is 2.87. The number of hydrogen-bond acceptors (Lipinski definition) is 6. The monoisotopic (exact) mass is 739 g/mol. The van der Waals surface area contributed by atoms with E-state index in [9.17, 15) is 18.8 Å². The van der Waals surface area contributed by atoms with Crippen molar-refractivity contribution in [3.63, 3.8) is 0 Å². The number of aryl methyl sites for hydroxylation is 2. The predicted octanol–water partition coefficient (Wildman–Crippen LogP) is 7.40. The second-order valence-electron chi connectivity index (χ2n) is 12.1. The molecule has 4 aromatic carbocycles. The Morgan fingerprint density at radius 2 is 1.74 bits per heavy atom. The van der Waals surface area contributed by atoms with E-state index in [1.54, 1.807) is 34.9 Å². The standard InChI is InChI=1S/C38H32BrF2N5O4/c1-2-44-22-28(37(49)42-25-10-12-34-31(19-25)43-38(50-34)26-18-24(40)9-11-29(26)39)36(48)27-20-30(41)33(21-32(27)44)45-14-16-46(17-15-45)35(47)13-8-23-6-4-3-5-7-23/h3-7,9-12,18-22H,2,8,13-17H2,1H3,(H,42,49). The maximum absolute atomic E-state index is 15.7. The highest BCUT2D eigenvalue weighted by Gasteiger charge is 2.25. The van der Waals surface area contributed by atoms with E-state index in [-0.39, 0.29) is 22.7 Å². The van der Waals surface area contributed by atoms with Crippen LogP contribution in [0.5, 0.6) is 0 Å². The summed E-state index contributed by atoms with van der Waals surface area (Å²) in [7, 11) is 0. The third-order valence-corrected chi connectivity index (χ3v) is 9.67. The lowest BCUT2D eigenvalue weighted by Gasteiger charge is -2.36. The van der Waals surface area contributed by atoms with E-state index in [4.69, 9.17) is 4.42 Å². The summed E-state index contributed by atoms with van der Waals surface area (Å²) >= 11 is 3.39. The maximum atomic E-state index is 15.7. The smallest absolute Gasteiger partial charge is 0.261 e. The molecule has 50 heavy (non-hydrogen) atoms. The van der Waals surface area contributed by atoms with Crippen LogP contribution in [-0.2, 0) is 17.8 Å². The van der Waals surface area contributed by atoms with Crippen molar-refractivity contribution in [1.82, 2.24) is 14.5 Å². The summed E-state index contributed by atoms with van der Waals surface area (Å²) in [6, 6.07) is 21.7. The molecule has 7 rings (SSSR count). The fourth-order valence-corrected chi connectivity index (χ4v) is 6.71. The topological polar surface area (TPSA) is 101 Å². The first-order chi connectivity index (χ1) is 24.2. The van der Waals surface area contributed by atoms with Crippen molar-refractivity contribution >= 4 is 61.1 Å². The lowest BCUT2D eigenvalue weighted by molar-refractivity contribution is -0.131. The van der Waals surface area contributed by atoms with Crippen LogP contribution >= 0.6 is 15.9 Å². The molecule has 2 amide bonds. The number of piperazine rings is 1. The Morgan fingerprint density at radius 1 is 0.960 bits per heavy atom. The Hall–Kier alpha value is -5.36. The van der Waals surface area contributed by atoms with Gasteiger partial charge >= 0.3 is 0 Å². The van der Waals surface area contributed by atoms with Crippen molar-refractivity contribution in [2.75, 3.05) is 36.4 Å². The molecule has 1 aliphatic rings. The van der Waals surface area contributed by atoms with Gasteiger partial charge in [-0.1, -0.05) is 30.3 Å². The molecule has 0 aliphatic carbocycles. The molecule has 0 unspecified atom stereocenters. The molecule has 0 bridgehead atoms. The van der Waals surface area contributed by atoms with Gasteiger partial charge in [0.1, 0.15) is 22.7 Å². The summed E-state index contributed by atoms with van der Waals surface area (Å²) in [5.74, 6) is -1.40. The average Bonchev–Trinajstić information content (AvgIpc) is 3.55. The van der Waals surface area contributed by atoms with E-state index in [2.05, 4.69) is 26.2 Å². The minimum absolute atomic E-state index is 0.0703. The van der Waals surface area contributed by atoms with Crippen LogP contribution in [0, 0.1) is 11.6 Å². The molecule has 254 valence electrons. The number of halogens is 3. The zero-order chi connectivity index (χ0) is 34.9. The highest BCUT2D eigenvalue weighted by molar-refractivity contribution is 9.10. The van der Waals surface area contributed by atoms with E-state index in [0.29, 0.717) is 83.6 Å². The predicted molar refractivity (Wildman–Crippen MR) is 192 cm³/mol. The van der Waals surface area contributed by atoms with Crippen molar-refractivity contribution in [3.05, 3.63) is 123 Å². The summed E-state index contributed by atoms with van der Waals surface area (Å²) in [6.07, 6.45) is 2.57. The number of pyridine rings is 1. The van der Waals surface area contributed by atoms with Crippen LogP contribution in [0.2, 0.25) is 0 Å². The molecule has 12 heteroatoms. The van der Waals surface area contributed by atoms with Crippen molar-refractivity contribution in [3.8, 4) is 11.5 Å². The Labute approximate surface area is 294 Å². The number of nitrogens with one attached hydrogen (secondary N) is 1. The van der Waals surface area contributed by atoms with Crippen LogP contribution in [0.1, 0.15) is 29.3 Å². The van der Waals surface area contributed by atoms with Crippen LogP contribution in [0.15, 0.2) is 98.7 Å². The average molecular weight is 741 g/mol. The molecule has 1 saturated heterocycles. The fourth-order valence-electron chi connectivity index (χ4n) is 6.30. The van der Waals surface area contributed by atoms with Crippen LogP contribution in [0.25, 0.3) is 33.5 Å². The van der Waals surface area contributed by atoms with Gasteiger partial charge in [-0.25, -0.2) is 13.8 Å². The molecular formula is C38H32BrF2N5O4. The number of aromatic nitrogens is 2. The zero-order valence-electron chi connectivity index (χ0n) is 27.1. The first-order valence-electron chi connectivity index (χ1n) is 16.3. The first-order valence-corrected chi connectivity index (χ1v) is 17.1. The number of anilines is 2. The number of carbonyl (C=O) groups is 2. The summed E-state index contributed by atoms with van der Waals surface area (Å²) in [5, 5.41) is 2.84. The number of rotatable bonds is 8. The van der Waals surface area contributed by atoms with Crippen LogP contribution < -0.4 is 15.6 Å². The van der Waals surface area contributed by atoms with Gasteiger partial charge in [-0.15, -0.1) is 0 Å². The molecule has 3 heterocycles. The molecule has 0 saturated carbocycles. The van der Waals surface area contributed by atoms with Crippen molar-refractivity contribution in [2.24, 2.45) is 0 Å². The van der Waals surface area contributed by atoms with Gasteiger partial charge in [0.2, 0.25) is 17.2 Å². The lowest BCUT2D eigenvalue weighted by Crippen LogP contribution is -2.49. The van der Waals surface area contributed by atoms with Crippen molar-refractivity contribution < 1.29 is 22.8 Å². The van der Waals surface area contributed by atoms with Crippen molar-refractivity contribution in [2.45, 2.75) is 26.3 Å². The summed E-state index contributed by atoms with van der Waals surface area (Å²) in [4.78, 5) is 48.1. The molecule has 1 aliphatic heterocycles. The lowest BCUT2D eigenvalue weighted by atomic mass is 10.1. The highest BCUT2D eigenvalue weighted by Crippen LogP contribution is 2.32. The Morgan fingerprint density at radius 3 is 2.50 bits per heavy atom. The minimum Gasteiger partial charge on any atom is -0.436 e. The number of oxazole rings is 1. The van der Waals surface area contributed by atoms with E-state index < -0.39 is 23.0 Å². The van der Waals surface area contributed by atoms with Crippen molar-refractivity contribution in [1.29, 1.82) is 0 Å². The Balaban J connectivity index is 1.08. The maximum Gasteiger partial charge on any atom is 0.261 e. The molecule has 1 fully saturated rings. The number of hydrogen-bond donors (Lipinski definition) is 1. The van der Waals surface area contributed by atoms with Gasteiger partial charge in [-0.05, 0) is 83.4 Å². The van der Waals surface area contributed by atoms with Gasteiger partial charge in [-0.3, -0.25) is 14.4 Å². The molecule has 0 spiro atoms. The number of nitrogens with zero attached hydrogens (tertiary/aromatic N) is 4. The van der Waals surface area contributed by atoms with Gasteiger partial charge in [0.05, 0.1) is 16.8 Å². The second-order valence-corrected chi connectivity index (χ2v) is 13.0. The van der Waals surface area contributed by atoms with E-state index >= 15 is 4.39 Å². The molecule has 2 aromatic heterocycles. The first kappa shape index (κ1) is 33.2. The van der Waals surface area contributed by atoms with E-state index in [0.717, 1.165) is 5.56 Å². The van der Waals surface area contributed by atoms with Gasteiger partial charge in [0.15, 0.2) is 5.58 Å². The number of amides is 2. The van der Waals surface area contributed by atoms with Gasteiger partial charge < -0.3 is 24.1 Å². The SMILES string of the molecule is CCn1cc(C(=O)Nc2ccc3oc(-c4cc(F)ccc4Br)nc3c2)c(=O)c2cc(F)c(N3CCN(C(=O)CCc4ccccc4)CC3)cc21. The quantitative estimate of drug-likeness (QED) is 0.175. The van der Waals surface area contributed by atoms with Gasteiger partial charge in [0.25, 0.3) is 5.91 Å². The van der Waals surface area contributed by atoms with Crippen LogP contribution in [0.3, 0.4) is 0 Å². The molecule has 9 nitrogen and oxygen atoms in total. The summed E-state index contributed by atoms with van der Waals surface area (Å²) in [6.45, 7) is 4.14. The molecule has 6 aromatic rings. The number of carbonyl (C=O) groups excluding carboxylic acids is 2. The van der Waals surface area contributed by atoms with Gasteiger partial charge in [-0.2, -0.15) is 0 Å². The molecule has 1 N–H and O–H groups in total. The molecule has 0 atom stereocenters. The number of fused-ring (bicyclic) bond motifs is 2. The highest BCUT2D eigenvalue weighted by atomic mass is 79.9. The summed E-state index contributed by atoms with van der Waals surface area (Å²) < 4.78 is 37.7. The Kier molecular flexibility index (Phi) is 9.20. The minimum atomic E-state index is -0.660. The normalized spacial score (nSPS) is 13.3. The zero-order valence-corrected chi connectivity index (χ0v) is 28.7.